The SMILES string of the molecule is Cc1ccc(N(CCC(=O)NCCc2cccnc2)S(=O)(=O)c2ccc(C)cc2)cc1. The van der Waals surface area contributed by atoms with Crippen LogP contribution in [0.1, 0.15) is 23.1 Å². The van der Waals surface area contributed by atoms with E-state index in [4.69, 9.17) is 0 Å². The van der Waals surface area contributed by atoms with E-state index in [2.05, 4.69) is 10.3 Å². The molecule has 0 aliphatic heterocycles. The first-order valence-electron chi connectivity index (χ1n) is 10.2. The van der Waals surface area contributed by atoms with Crippen LogP contribution in [0, 0.1) is 13.8 Å². The van der Waals surface area contributed by atoms with Crippen LogP contribution in [0.3, 0.4) is 0 Å². The van der Waals surface area contributed by atoms with Gasteiger partial charge in [-0.2, -0.15) is 0 Å². The molecule has 6 nitrogen and oxygen atoms in total. The monoisotopic (exact) mass is 437 g/mol. The summed E-state index contributed by atoms with van der Waals surface area (Å²) in [6.45, 7) is 4.38. The Bertz CT molecular complexity index is 1100. The van der Waals surface area contributed by atoms with Gasteiger partial charge in [0, 0.05) is 31.9 Å². The number of hydrogen-bond acceptors (Lipinski definition) is 4. The number of pyridine rings is 1. The molecule has 1 amide bonds. The fraction of sp³-hybridized carbons (Fsp3) is 0.250. The predicted molar refractivity (Wildman–Crippen MR) is 122 cm³/mol. The maximum atomic E-state index is 13.3. The van der Waals surface area contributed by atoms with Crippen LogP contribution < -0.4 is 9.62 Å². The molecular formula is C24H27N3O3S. The van der Waals surface area contributed by atoms with E-state index in [1.54, 1.807) is 48.8 Å². The number of aryl methyl sites for hydroxylation is 2. The number of nitrogens with zero attached hydrogens (tertiary/aromatic N) is 2. The summed E-state index contributed by atoms with van der Waals surface area (Å²) < 4.78 is 28.0. The molecular weight excluding hydrogens is 410 g/mol. The molecule has 0 bridgehead atoms. The normalized spacial score (nSPS) is 11.2. The third-order valence-electron chi connectivity index (χ3n) is 4.93. The molecule has 1 N–H and O–H groups in total. The number of sulfonamides is 1. The highest BCUT2D eigenvalue weighted by Gasteiger charge is 2.25. The van der Waals surface area contributed by atoms with Crippen molar-refractivity contribution < 1.29 is 13.2 Å². The third-order valence-corrected chi connectivity index (χ3v) is 6.77. The highest BCUT2D eigenvalue weighted by atomic mass is 32.2. The van der Waals surface area contributed by atoms with Crippen molar-refractivity contribution in [2.45, 2.75) is 31.6 Å². The zero-order chi connectivity index (χ0) is 22.3. The summed E-state index contributed by atoms with van der Waals surface area (Å²) >= 11 is 0. The molecule has 0 radical (unpaired) electrons. The lowest BCUT2D eigenvalue weighted by Gasteiger charge is -2.24. The number of benzene rings is 2. The molecule has 162 valence electrons. The van der Waals surface area contributed by atoms with Gasteiger partial charge in [-0.3, -0.25) is 14.1 Å². The zero-order valence-corrected chi connectivity index (χ0v) is 18.6. The van der Waals surface area contributed by atoms with Crippen molar-refractivity contribution in [1.82, 2.24) is 10.3 Å². The topological polar surface area (TPSA) is 79.4 Å². The summed E-state index contributed by atoms with van der Waals surface area (Å²) in [7, 11) is -3.80. The lowest BCUT2D eigenvalue weighted by molar-refractivity contribution is -0.120. The molecule has 0 saturated carbocycles. The second-order valence-corrected chi connectivity index (χ2v) is 9.30. The van der Waals surface area contributed by atoms with Gasteiger partial charge in [0.25, 0.3) is 10.0 Å². The van der Waals surface area contributed by atoms with Gasteiger partial charge in [0.05, 0.1) is 10.6 Å². The van der Waals surface area contributed by atoms with E-state index in [0.29, 0.717) is 18.7 Å². The summed E-state index contributed by atoms with van der Waals surface area (Å²) in [5.74, 6) is -0.194. The number of amides is 1. The fourth-order valence-corrected chi connectivity index (χ4v) is 4.59. The highest BCUT2D eigenvalue weighted by Crippen LogP contribution is 2.24. The average Bonchev–Trinajstić information content (AvgIpc) is 2.76. The zero-order valence-electron chi connectivity index (χ0n) is 17.8. The van der Waals surface area contributed by atoms with E-state index in [9.17, 15) is 13.2 Å². The molecule has 0 atom stereocenters. The first-order chi connectivity index (χ1) is 14.9. The summed E-state index contributed by atoms with van der Waals surface area (Å²) in [5, 5.41) is 2.86. The molecule has 1 heterocycles. The van der Waals surface area contributed by atoms with Gasteiger partial charge in [0.15, 0.2) is 0 Å². The molecule has 0 aliphatic carbocycles. The van der Waals surface area contributed by atoms with E-state index < -0.39 is 10.0 Å². The van der Waals surface area contributed by atoms with Crippen LogP contribution in [0.15, 0.2) is 78.0 Å². The van der Waals surface area contributed by atoms with Crippen molar-refractivity contribution in [3.05, 3.63) is 89.7 Å². The minimum Gasteiger partial charge on any atom is -0.356 e. The van der Waals surface area contributed by atoms with Crippen LogP contribution in [-0.2, 0) is 21.2 Å². The molecule has 2 aromatic carbocycles. The van der Waals surface area contributed by atoms with Crippen LogP contribution in [0.4, 0.5) is 5.69 Å². The van der Waals surface area contributed by atoms with Gasteiger partial charge in [0.1, 0.15) is 0 Å². The van der Waals surface area contributed by atoms with Crippen LogP contribution in [-0.4, -0.2) is 32.4 Å². The predicted octanol–water partition coefficient (Wildman–Crippen LogP) is 3.64. The van der Waals surface area contributed by atoms with E-state index in [0.717, 1.165) is 16.7 Å². The quantitative estimate of drug-likeness (QED) is 0.554. The highest BCUT2D eigenvalue weighted by molar-refractivity contribution is 7.92. The Morgan fingerprint density at radius 1 is 0.968 bits per heavy atom. The van der Waals surface area contributed by atoms with E-state index in [1.165, 1.54) is 4.31 Å². The van der Waals surface area contributed by atoms with Crippen molar-refractivity contribution in [3.8, 4) is 0 Å². The number of rotatable bonds is 9. The van der Waals surface area contributed by atoms with Crippen molar-refractivity contribution in [3.63, 3.8) is 0 Å². The minimum atomic E-state index is -3.80. The number of carbonyl (C=O) groups excluding carboxylic acids is 1. The second-order valence-electron chi connectivity index (χ2n) is 7.44. The molecule has 0 saturated heterocycles. The van der Waals surface area contributed by atoms with E-state index >= 15 is 0 Å². The first kappa shape index (κ1) is 22.5. The van der Waals surface area contributed by atoms with Crippen LogP contribution in [0.25, 0.3) is 0 Å². The maximum Gasteiger partial charge on any atom is 0.264 e. The fourth-order valence-electron chi connectivity index (χ4n) is 3.12. The van der Waals surface area contributed by atoms with E-state index in [1.807, 2.05) is 38.1 Å². The number of aromatic nitrogens is 1. The lowest BCUT2D eigenvalue weighted by Crippen LogP contribution is -2.35. The molecule has 0 fully saturated rings. The van der Waals surface area contributed by atoms with Gasteiger partial charge in [-0.1, -0.05) is 41.5 Å². The van der Waals surface area contributed by atoms with Crippen molar-refractivity contribution >= 4 is 21.6 Å². The van der Waals surface area contributed by atoms with Gasteiger partial charge in [-0.15, -0.1) is 0 Å². The van der Waals surface area contributed by atoms with Crippen LogP contribution in [0.5, 0.6) is 0 Å². The second kappa shape index (κ2) is 10.2. The molecule has 1 aromatic heterocycles. The Kier molecular flexibility index (Phi) is 7.41. The molecule has 7 heteroatoms. The first-order valence-corrected chi connectivity index (χ1v) is 11.6. The Balaban J connectivity index is 1.70. The van der Waals surface area contributed by atoms with Crippen molar-refractivity contribution in [1.29, 1.82) is 0 Å². The van der Waals surface area contributed by atoms with Gasteiger partial charge in [0.2, 0.25) is 5.91 Å². The van der Waals surface area contributed by atoms with Crippen molar-refractivity contribution in [2.24, 2.45) is 0 Å². The van der Waals surface area contributed by atoms with Crippen LogP contribution in [0.2, 0.25) is 0 Å². The minimum absolute atomic E-state index is 0.0536. The number of carbonyl (C=O) groups is 1. The number of hydrogen-bond donors (Lipinski definition) is 1. The number of nitrogens with one attached hydrogen (secondary N) is 1. The number of anilines is 1. The van der Waals surface area contributed by atoms with Gasteiger partial charge >= 0.3 is 0 Å². The van der Waals surface area contributed by atoms with Crippen LogP contribution >= 0.6 is 0 Å². The Morgan fingerprint density at radius 2 is 1.61 bits per heavy atom. The standard InChI is InChI=1S/C24H27N3O3S/c1-19-5-9-22(10-6-19)27(31(29,30)23-11-7-20(2)8-12-23)17-14-24(28)26-16-13-21-4-3-15-25-18-21/h3-12,15,18H,13-14,16-17H2,1-2H3,(H,26,28). The summed E-state index contributed by atoms with van der Waals surface area (Å²) in [5.41, 5.74) is 3.58. The molecule has 31 heavy (non-hydrogen) atoms. The summed E-state index contributed by atoms with van der Waals surface area (Å²) in [4.78, 5) is 16.6. The van der Waals surface area contributed by atoms with Gasteiger partial charge in [-0.05, 0) is 56.2 Å². The largest absolute Gasteiger partial charge is 0.356 e. The van der Waals surface area contributed by atoms with Crippen molar-refractivity contribution in [2.75, 3.05) is 17.4 Å². The average molecular weight is 438 g/mol. The third kappa shape index (κ3) is 6.15. The molecule has 0 spiro atoms. The summed E-state index contributed by atoms with van der Waals surface area (Å²) in [6, 6.07) is 17.8. The Hall–Kier alpha value is -3.19. The lowest BCUT2D eigenvalue weighted by atomic mass is 10.2. The summed E-state index contributed by atoms with van der Waals surface area (Å²) in [6.07, 6.45) is 4.20. The van der Waals surface area contributed by atoms with Gasteiger partial charge < -0.3 is 5.32 Å². The van der Waals surface area contributed by atoms with E-state index in [-0.39, 0.29) is 23.8 Å². The van der Waals surface area contributed by atoms with Gasteiger partial charge in [-0.25, -0.2) is 8.42 Å². The molecule has 3 aromatic rings. The molecule has 0 aliphatic rings. The Labute approximate surface area is 184 Å². The Morgan fingerprint density at radius 3 is 2.23 bits per heavy atom. The maximum absolute atomic E-state index is 13.3. The molecule has 3 rings (SSSR count). The smallest absolute Gasteiger partial charge is 0.264 e. The molecule has 0 unspecified atom stereocenters.